The third-order valence-electron chi connectivity index (χ3n) is 1.92. The van der Waals surface area contributed by atoms with Crippen LogP contribution in [0.4, 0.5) is 0 Å². The summed E-state index contributed by atoms with van der Waals surface area (Å²) in [7, 11) is 0. The van der Waals surface area contributed by atoms with Gasteiger partial charge in [-0.25, -0.2) is 0 Å². The molecule has 0 saturated heterocycles. The summed E-state index contributed by atoms with van der Waals surface area (Å²) >= 11 is 0. The van der Waals surface area contributed by atoms with Crippen molar-refractivity contribution in [1.29, 1.82) is 0 Å². The third kappa shape index (κ3) is 18.7. The Hall–Kier alpha value is -1.28. The summed E-state index contributed by atoms with van der Waals surface area (Å²) in [6.07, 6.45) is -1.00. The molecular formula is C10H14N2O8Pb-4. The molecule has 0 saturated carbocycles. The summed E-state index contributed by atoms with van der Waals surface area (Å²) in [6, 6.07) is -2.42. The van der Waals surface area contributed by atoms with Crippen molar-refractivity contribution < 1.29 is 39.6 Å². The minimum absolute atomic E-state index is 0. The van der Waals surface area contributed by atoms with Crippen LogP contribution in [0.3, 0.4) is 0 Å². The van der Waals surface area contributed by atoms with Crippen LogP contribution in [0.25, 0.3) is 0 Å². The number of carboxylic acid groups (broad SMARTS) is 4. The molecule has 0 heterocycles. The van der Waals surface area contributed by atoms with Gasteiger partial charge in [0.15, 0.2) is 0 Å². The minimum atomic E-state index is -1.44. The van der Waals surface area contributed by atoms with Gasteiger partial charge in [0.25, 0.3) is 0 Å². The van der Waals surface area contributed by atoms with Gasteiger partial charge in [0, 0.05) is 51.3 Å². The van der Waals surface area contributed by atoms with Crippen LogP contribution in [-0.2, 0) is 19.2 Å². The average molecular weight is 497 g/mol. The largest absolute Gasteiger partial charge is 0.550 e. The van der Waals surface area contributed by atoms with Gasteiger partial charge in [0.2, 0.25) is 0 Å². The van der Waals surface area contributed by atoms with Crippen LogP contribution in [0, 0.1) is 0 Å². The zero-order chi connectivity index (χ0) is 16.3. The van der Waals surface area contributed by atoms with E-state index >= 15 is 0 Å². The second kappa shape index (κ2) is 13.7. The maximum absolute atomic E-state index is 9.86. The van der Waals surface area contributed by atoms with Gasteiger partial charge < -0.3 is 51.1 Å². The molecule has 10 nitrogen and oxygen atoms in total. The van der Waals surface area contributed by atoms with E-state index in [1.165, 1.54) is 0 Å². The van der Waals surface area contributed by atoms with Crippen molar-refractivity contribution in [2.75, 3.05) is 0 Å². The molecule has 2 atom stereocenters. The third-order valence-corrected chi connectivity index (χ3v) is 1.92. The Morgan fingerprint density at radius 1 is 0.714 bits per heavy atom. The molecule has 0 amide bonds. The van der Waals surface area contributed by atoms with E-state index < -0.39 is 36.0 Å². The summed E-state index contributed by atoms with van der Waals surface area (Å²) in [4.78, 5) is 39.2. The van der Waals surface area contributed by atoms with E-state index in [0.29, 0.717) is 0 Å². The number of carbonyl (C=O) groups is 4. The fourth-order valence-corrected chi connectivity index (χ4v) is 0.782. The minimum Gasteiger partial charge on any atom is -0.550 e. The van der Waals surface area contributed by atoms with Crippen molar-refractivity contribution in [2.24, 2.45) is 11.5 Å². The van der Waals surface area contributed by atoms with Crippen molar-refractivity contribution in [2.45, 2.75) is 37.8 Å². The molecule has 0 aromatic rings. The van der Waals surface area contributed by atoms with E-state index in [2.05, 4.69) is 0 Å². The van der Waals surface area contributed by atoms with Crippen molar-refractivity contribution in [3.63, 3.8) is 0 Å². The monoisotopic (exact) mass is 498 g/mol. The predicted molar refractivity (Wildman–Crippen MR) is 60.2 cm³/mol. The van der Waals surface area contributed by atoms with E-state index in [-0.39, 0.29) is 53.0 Å². The van der Waals surface area contributed by atoms with E-state index in [4.69, 9.17) is 11.5 Å². The van der Waals surface area contributed by atoms with Gasteiger partial charge in [0.1, 0.15) is 0 Å². The molecule has 120 valence electrons. The van der Waals surface area contributed by atoms with Crippen LogP contribution in [-0.4, -0.2) is 63.3 Å². The second-order valence-electron chi connectivity index (χ2n) is 3.67. The summed E-state index contributed by atoms with van der Waals surface area (Å²) < 4.78 is 0. The molecule has 0 spiro atoms. The van der Waals surface area contributed by atoms with Crippen LogP contribution < -0.4 is 31.9 Å². The number of carbonyl (C=O) groups excluding carboxylic acids is 4. The zero-order valence-corrected chi connectivity index (χ0v) is 14.8. The molecule has 0 fully saturated rings. The predicted octanol–water partition coefficient (Wildman–Crippen LogP) is -7.19. The van der Waals surface area contributed by atoms with Gasteiger partial charge in [-0.3, -0.25) is 0 Å². The van der Waals surface area contributed by atoms with Crippen LogP contribution >= 0.6 is 0 Å². The number of nitrogens with two attached hydrogens (primary N) is 2. The van der Waals surface area contributed by atoms with Gasteiger partial charge >= 0.3 is 0 Å². The Morgan fingerprint density at radius 3 is 1.10 bits per heavy atom. The summed E-state index contributed by atoms with van der Waals surface area (Å²) in [5.41, 5.74) is 9.82. The first-order valence-corrected chi connectivity index (χ1v) is 5.40. The Morgan fingerprint density at radius 2 is 0.952 bits per heavy atom. The van der Waals surface area contributed by atoms with Gasteiger partial charge in [-0.2, -0.15) is 0 Å². The number of hydrogen-bond donors (Lipinski definition) is 2. The SMILES string of the molecule is NC(CCC(=O)[O-])C(=O)[O-].NC(CCC(=O)[O-])C(=O)[O-].[Pb]. The van der Waals surface area contributed by atoms with Gasteiger partial charge in [-0.1, -0.05) is 0 Å². The molecular weight excluding hydrogens is 483 g/mol. The second-order valence-corrected chi connectivity index (χ2v) is 3.67. The molecule has 4 radical (unpaired) electrons. The fraction of sp³-hybridized carbons (Fsp3) is 0.600. The molecule has 0 aliphatic heterocycles. The molecule has 0 aromatic heterocycles. The smallest absolute Gasteiger partial charge is 0.0582 e. The van der Waals surface area contributed by atoms with E-state index in [0.717, 1.165) is 0 Å². The molecule has 2 unspecified atom stereocenters. The van der Waals surface area contributed by atoms with E-state index in [1.54, 1.807) is 0 Å². The van der Waals surface area contributed by atoms with Crippen molar-refractivity contribution in [3.8, 4) is 0 Å². The van der Waals surface area contributed by atoms with Crippen molar-refractivity contribution in [3.05, 3.63) is 0 Å². The molecule has 0 aliphatic carbocycles. The first-order valence-electron chi connectivity index (χ1n) is 5.40. The zero-order valence-electron chi connectivity index (χ0n) is 10.9. The normalized spacial score (nSPS) is 11.9. The maximum Gasteiger partial charge on any atom is 0.0582 e. The van der Waals surface area contributed by atoms with Crippen LogP contribution in [0.2, 0.25) is 0 Å². The van der Waals surface area contributed by atoms with Gasteiger partial charge in [0.05, 0.1) is 11.9 Å². The van der Waals surface area contributed by atoms with Crippen molar-refractivity contribution in [1.82, 2.24) is 0 Å². The Balaban J connectivity index is -0.000000295. The Bertz CT molecular complexity index is 329. The number of aliphatic carboxylic acids is 4. The van der Waals surface area contributed by atoms with Crippen LogP contribution in [0.1, 0.15) is 25.7 Å². The maximum atomic E-state index is 9.86. The average Bonchev–Trinajstić information content (AvgIpc) is 2.33. The number of hydrogen-bond acceptors (Lipinski definition) is 10. The molecule has 4 N–H and O–H groups in total. The number of carboxylic acids is 4. The van der Waals surface area contributed by atoms with Gasteiger partial charge in [-0.15, -0.1) is 0 Å². The standard InChI is InChI=1S/2C5H9NO4.Pb/c2*6-3(5(9)10)1-2-4(7)8;/h2*3H,1-2,6H2,(H,7,8)(H,9,10);/p-4. The number of rotatable bonds is 8. The molecule has 0 rings (SSSR count). The molecule has 0 bridgehead atoms. The van der Waals surface area contributed by atoms with Crippen LogP contribution in [0.5, 0.6) is 0 Å². The molecule has 11 heteroatoms. The first kappa shape index (κ1) is 24.7. The topological polar surface area (TPSA) is 213 Å². The first-order chi connectivity index (χ1) is 9.07. The summed E-state index contributed by atoms with van der Waals surface area (Å²) in [5, 5.41) is 39.2. The quantitative estimate of drug-likeness (QED) is 0.302. The molecule has 0 aromatic carbocycles. The van der Waals surface area contributed by atoms with Crippen LogP contribution in [0.15, 0.2) is 0 Å². The van der Waals surface area contributed by atoms with Crippen molar-refractivity contribution >= 4 is 51.2 Å². The Kier molecular flexibility index (Phi) is 16.1. The fourth-order valence-electron chi connectivity index (χ4n) is 0.782. The van der Waals surface area contributed by atoms with Gasteiger partial charge in [-0.05, 0) is 25.7 Å². The van der Waals surface area contributed by atoms with E-state index in [9.17, 15) is 39.6 Å². The Labute approximate surface area is 140 Å². The molecule has 0 aliphatic rings. The molecule has 21 heavy (non-hydrogen) atoms. The summed E-state index contributed by atoms with van der Waals surface area (Å²) in [5.74, 6) is -5.50. The summed E-state index contributed by atoms with van der Waals surface area (Å²) in [6.45, 7) is 0. The van der Waals surface area contributed by atoms with E-state index in [1.807, 2.05) is 0 Å².